The van der Waals surface area contributed by atoms with Crippen molar-refractivity contribution in [1.82, 2.24) is 4.72 Å². The first kappa shape index (κ1) is 14.7. The Balaban J connectivity index is 2.14. The number of nitrogen functional groups attached to an aromatic ring is 1. The molecule has 6 heteroatoms. The van der Waals surface area contributed by atoms with Gasteiger partial charge in [-0.3, -0.25) is 0 Å². The number of rotatable bonds is 4. The normalized spacial score (nSPS) is 23.7. The lowest BCUT2D eigenvalue weighted by Gasteiger charge is -2.15. The van der Waals surface area contributed by atoms with Gasteiger partial charge in [-0.25, -0.2) is 13.1 Å². The number of thioether (sulfide) groups is 1. The average Bonchev–Trinajstić information content (AvgIpc) is 2.75. The summed E-state index contributed by atoms with van der Waals surface area (Å²) >= 11 is 1.81. The van der Waals surface area contributed by atoms with E-state index in [2.05, 4.69) is 11.0 Å². The van der Waals surface area contributed by atoms with Crippen LogP contribution in [0, 0.1) is 6.92 Å². The molecule has 1 aromatic rings. The minimum Gasteiger partial charge on any atom is -0.399 e. The first-order chi connectivity index (χ1) is 8.92. The van der Waals surface area contributed by atoms with E-state index in [-0.39, 0.29) is 6.04 Å². The topological polar surface area (TPSA) is 72.2 Å². The summed E-state index contributed by atoms with van der Waals surface area (Å²) in [5.74, 6) is 0. The Kier molecular flexibility index (Phi) is 4.43. The van der Waals surface area contributed by atoms with Crippen molar-refractivity contribution in [1.29, 1.82) is 0 Å². The van der Waals surface area contributed by atoms with Crippen LogP contribution in [-0.2, 0) is 10.0 Å². The maximum absolute atomic E-state index is 12.4. The smallest absolute Gasteiger partial charge is 0.241 e. The number of benzene rings is 1. The molecule has 2 unspecified atom stereocenters. The molecule has 0 aromatic heterocycles. The fraction of sp³-hybridized carbons (Fsp3) is 0.538. The standard InChI is InChI=1S/C13H20N2O2S2/c1-9-7-10(14)3-6-13(9)19(16,17)15-11-4-5-12(8-11)18-2/h3,6-7,11-12,15H,4-5,8,14H2,1-2H3. The van der Waals surface area contributed by atoms with Gasteiger partial charge in [0, 0.05) is 17.0 Å². The number of nitrogens with two attached hydrogens (primary N) is 1. The molecule has 1 aromatic carbocycles. The molecule has 1 saturated carbocycles. The maximum Gasteiger partial charge on any atom is 0.241 e. The van der Waals surface area contributed by atoms with Crippen molar-refractivity contribution in [3.8, 4) is 0 Å². The lowest BCUT2D eigenvalue weighted by molar-refractivity contribution is 0.552. The largest absolute Gasteiger partial charge is 0.399 e. The summed E-state index contributed by atoms with van der Waals surface area (Å²) in [7, 11) is -3.44. The van der Waals surface area contributed by atoms with Crippen LogP contribution in [0.15, 0.2) is 23.1 Å². The van der Waals surface area contributed by atoms with Crippen LogP contribution < -0.4 is 10.5 Å². The zero-order valence-corrected chi connectivity index (χ0v) is 12.9. The number of nitrogens with one attached hydrogen (secondary N) is 1. The van der Waals surface area contributed by atoms with Crippen LogP contribution in [0.25, 0.3) is 0 Å². The average molecular weight is 300 g/mol. The van der Waals surface area contributed by atoms with Gasteiger partial charge in [-0.15, -0.1) is 0 Å². The van der Waals surface area contributed by atoms with Crippen LogP contribution >= 0.6 is 11.8 Å². The minimum atomic E-state index is -3.44. The Morgan fingerprint density at radius 3 is 2.68 bits per heavy atom. The molecule has 3 N–H and O–H groups in total. The quantitative estimate of drug-likeness (QED) is 0.836. The van der Waals surface area contributed by atoms with Gasteiger partial charge in [0.2, 0.25) is 10.0 Å². The summed E-state index contributed by atoms with van der Waals surface area (Å²) in [4.78, 5) is 0.328. The van der Waals surface area contributed by atoms with Gasteiger partial charge < -0.3 is 5.73 Å². The van der Waals surface area contributed by atoms with Crippen molar-refractivity contribution in [3.05, 3.63) is 23.8 Å². The van der Waals surface area contributed by atoms with E-state index in [0.29, 0.717) is 21.4 Å². The molecule has 19 heavy (non-hydrogen) atoms. The highest BCUT2D eigenvalue weighted by atomic mass is 32.2. The molecule has 0 aliphatic heterocycles. The first-order valence-electron chi connectivity index (χ1n) is 6.33. The predicted octanol–water partition coefficient (Wildman–Crippen LogP) is 2.14. The second-order valence-electron chi connectivity index (χ2n) is 5.01. The minimum absolute atomic E-state index is 0.0550. The molecule has 0 saturated heterocycles. The van der Waals surface area contributed by atoms with Crippen molar-refractivity contribution < 1.29 is 8.42 Å². The summed E-state index contributed by atoms with van der Waals surface area (Å²) in [6, 6.07) is 4.95. The molecule has 2 atom stereocenters. The van der Waals surface area contributed by atoms with Gasteiger partial charge in [0.05, 0.1) is 4.90 Å². The highest BCUT2D eigenvalue weighted by Crippen LogP contribution is 2.29. The maximum atomic E-state index is 12.4. The summed E-state index contributed by atoms with van der Waals surface area (Å²) in [6.07, 6.45) is 4.98. The van der Waals surface area contributed by atoms with Gasteiger partial charge in [-0.2, -0.15) is 11.8 Å². The first-order valence-corrected chi connectivity index (χ1v) is 9.10. The van der Waals surface area contributed by atoms with E-state index in [1.807, 2.05) is 11.8 Å². The molecule has 0 amide bonds. The molecule has 0 radical (unpaired) electrons. The van der Waals surface area contributed by atoms with E-state index in [9.17, 15) is 8.42 Å². The SMILES string of the molecule is CSC1CCC(NS(=O)(=O)c2ccc(N)cc2C)C1. The van der Waals surface area contributed by atoms with Gasteiger partial charge in [0.1, 0.15) is 0 Å². The molecule has 0 spiro atoms. The molecule has 0 bridgehead atoms. The van der Waals surface area contributed by atoms with Crippen molar-refractivity contribution >= 4 is 27.5 Å². The second kappa shape index (κ2) is 5.73. The van der Waals surface area contributed by atoms with Crippen LogP contribution in [0.5, 0.6) is 0 Å². The van der Waals surface area contributed by atoms with Crippen LogP contribution in [0.3, 0.4) is 0 Å². The van der Waals surface area contributed by atoms with Gasteiger partial charge in [-0.05, 0) is 56.2 Å². The zero-order chi connectivity index (χ0) is 14.0. The number of hydrogen-bond acceptors (Lipinski definition) is 4. The van der Waals surface area contributed by atoms with Crippen molar-refractivity contribution in [2.75, 3.05) is 12.0 Å². The number of aryl methyl sites for hydroxylation is 1. The van der Waals surface area contributed by atoms with Gasteiger partial charge >= 0.3 is 0 Å². The van der Waals surface area contributed by atoms with E-state index < -0.39 is 10.0 Å². The van der Waals surface area contributed by atoms with Crippen LogP contribution in [0.4, 0.5) is 5.69 Å². The number of anilines is 1. The molecule has 2 rings (SSSR count). The summed E-state index contributed by atoms with van der Waals surface area (Å²) in [5.41, 5.74) is 6.92. The molecule has 0 heterocycles. The van der Waals surface area contributed by atoms with E-state index in [1.165, 1.54) is 0 Å². The Bertz CT molecular complexity index is 558. The highest BCUT2D eigenvalue weighted by molar-refractivity contribution is 7.99. The molecule has 1 fully saturated rings. The highest BCUT2D eigenvalue weighted by Gasteiger charge is 2.28. The molecule has 1 aliphatic rings. The number of hydrogen-bond donors (Lipinski definition) is 2. The van der Waals surface area contributed by atoms with Crippen molar-refractivity contribution in [2.45, 2.75) is 42.4 Å². The van der Waals surface area contributed by atoms with Crippen molar-refractivity contribution in [3.63, 3.8) is 0 Å². The fourth-order valence-corrected chi connectivity index (χ4v) is 4.82. The van der Waals surface area contributed by atoms with Gasteiger partial charge in [0.15, 0.2) is 0 Å². The third-order valence-corrected chi connectivity index (χ3v) is 6.30. The Morgan fingerprint density at radius 2 is 2.11 bits per heavy atom. The summed E-state index contributed by atoms with van der Waals surface area (Å²) in [5, 5.41) is 0.570. The van der Waals surface area contributed by atoms with E-state index in [0.717, 1.165) is 19.3 Å². The van der Waals surface area contributed by atoms with Crippen LogP contribution in [-0.4, -0.2) is 26.0 Å². The van der Waals surface area contributed by atoms with Gasteiger partial charge in [-0.1, -0.05) is 0 Å². The Morgan fingerprint density at radius 1 is 1.37 bits per heavy atom. The molecule has 106 valence electrons. The van der Waals surface area contributed by atoms with Gasteiger partial charge in [0.25, 0.3) is 0 Å². The lowest BCUT2D eigenvalue weighted by Crippen LogP contribution is -2.33. The fourth-order valence-electron chi connectivity index (χ4n) is 2.52. The Labute approximate surface area is 119 Å². The third-order valence-electron chi connectivity index (χ3n) is 3.53. The predicted molar refractivity (Wildman–Crippen MR) is 80.9 cm³/mol. The van der Waals surface area contributed by atoms with Crippen molar-refractivity contribution in [2.24, 2.45) is 0 Å². The Hall–Kier alpha value is -0.720. The molecule has 1 aliphatic carbocycles. The summed E-state index contributed by atoms with van der Waals surface area (Å²) < 4.78 is 27.5. The summed E-state index contributed by atoms with van der Waals surface area (Å²) in [6.45, 7) is 1.77. The lowest BCUT2D eigenvalue weighted by atomic mass is 10.2. The second-order valence-corrected chi connectivity index (χ2v) is 7.83. The third kappa shape index (κ3) is 3.43. The number of sulfonamides is 1. The van der Waals surface area contributed by atoms with Crippen LogP contribution in [0.2, 0.25) is 0 Å². The van der Waals surface area contributed by atoms with E-state index >= 15 is 0 Å². The monoisotopic (exact) mass is 300 g/mol. The molecular weight excluding hydrogens is 280 g/mol. The van der Waals surface area contributed by atoms with E-state index in [1.54, 1.807) is 25.1 Å². The van der Waals surface area contributed by atoms with E-state index in [4.69, 9.17) is 5.73 Å². The van der Waals surface area contributed by atoms with Crippen LogP contribution in [0.1, 0.15) is 24.8 Å². The molecular formula is C13H20N2O2S2. The molecule has 4 nitrogen and oxygen atoms in total. The zero-order valence-electron chi connectivity index (χ0n) is 11.2.